The minimum absolute atomic E-state index is 0.0546. The number of aromatic hydroxyl groups is 2. The molecular weight excluding hydrogens is 350 g/mol. The number of fused-ring (bicyclic) bond motifs is 1. The molecule has 3 rings (SSSR count). The van der Waals surface area contributed by atoms with Gasteiger partial charge in [-0.05, 0) is 39.9 Å². The molecule has 0 amide bonds. The summed E-state index contributed by atoms with van der Waals surface area (Å²) in [6, 6.07) is 17.4. The van der Waals surface area contributed by atoms with E-state index in [4.69, 9.17) is 5.73 Å². The maximum Gasteiger partial charge on any atom is 0.128 e. The second kappa shape index (κ2) is 8.05. The Hall–Kier alpha value is -3.47. The van der Waals surface area contributed by atoms with Crippen molar-refractivity contribution < 1.29 is 10.2 Å². The Bertz CT molecular complexity index is 1040. The van der Waals surface area contributed by atoms with Crippen LogP contribution < -0.4 is 5.73 Å². The third-order valence-electron chi connectivity index (χ3n) is 4.71. The second-order valence-electron chi connectivity index (χ2n) is 7.09. The summed E-state index contributed by atoms with van der Waals surface area (Å²) >= 11 is 0. The first-order valence-electron chi connectivity index (χ1n) is 9.13. The van der Waals surface area contributed by atoms with Gasteiger partial charge in [-0.2, -0.15) is 5.10 Å². The molecule has 144 valence electrons. The lowest BCUT2D eigenvalue weighted by Crippen LogP contribution is -2.12. The maximum absolute atomic E-state index is 10.2. The smallest absolute Gasteiger partial charge is 0.128 e. The second-order valence-corrected chi connectivity index (χ2v) is 7.09. The normalized spacial score (nSPS) is 11.8. The van der Waals surface area contributed by atoms with Gasteiger partial charge in [0.2, 0.25) is 0 Å². The molecule has 3 aromatic carbocycles. The SMILES string of the molecule is C=NN(/C=C(\N)c1cc(C(C)C)c(O)cc1O)Cc1ccc2ccccc2c1. The molecule has 0 bridgehead atoms. The zero-order valence-corrected chi connectivity index (χ0v) is 16.1. The molecule has 28 heavy (non-hydrogen) atoms. The highest BCUT2D eigenvalue weighted by Crippen LogP contribution is 2.34. The first-order valence-corrected chi connectivity index (χ1v) is 9.13. The molecule has 5 heteroatoms. The summed E-state index contributed by atoms with van der Waals surface area (Å²) < 4.78 is 0. The monoisotopic (exact) mass is 375 g/mol. The van der Waals surface area contributed by atoms with Crippen molar-refractivity contribution in [1.29, 1.82) is 0 Å². The minimum Gasteiger partial charge on any atom is -0.508 e. The molecular formula is C23H25N3O2. The van der Waals surface area contributed by atoms with Gasteiger partial charge in [0.25, 0.3) is 0 Å². The molecule has 5 nitrogen and oxygen atoms in total. The Morgan fingerprint density at radius 1 is 1.07 bits per heavy atom. The number of phenols is 2. The van der Waals surface area contributed by atoms with Crippen LogP contribution in [0.15, 0.2) is 65.9 Å². The summed E-state index contributed by atoms with van der Waals surface area (Å²) in [5.74, 6) is 0.0719. The van der Waals surface area contributed by atoms with Gasteiger partial charge in [-0.15, -0.1) is 0 Å². The Morgan fingerprint density at radius 2 is 1.79 bits per heavy atom. The van der Waals surface area contributed by atoms with Crippen molar-refractivity contribution in [3.8, 4) is 11.5 Å². The standard InChI is InChI=1S/C23H25N3O2/c1-15(2)19-11-20(23(28)12-22(19)27)21(24)14-26(25-3)13-16-8-9-17-6-4-5-7-18(17)10-16/h4-12,14-15,27-28H,3,13,24H2,1-2H3/b21-14-. The maximum atomic E-state index is 10.2. The highest BCUT2D eigenvalue weighted by Gasteiger charge is 2.14. The molecule has 0 spiro atoms. The van der Waals surface area contributed by atoms with Crippen LogP contribution >= 0.6 is 0 Å². The van der Waals surface area contributed by atoms with Crippen molar-refractivity contribution in [2.75, 3.05) is 0 Å². The summed E-state index contributed by atoms with van der Waals surface area (Å²) in [5, 5.41) is 28.2. The van der Waals surface area contributed by atoms with E-state index in [0.29, 0.717) is 17.8 Å². The first-order chi connectivity index (χ1) is 13.4. The van der Waals surface area contributed by atoms with Gasteiger partial charge in [0.1, 0.15) is 11.5 Å². The molecule has 0 aliphatic rings. The molecule has 0 radical (unpaired) electrons. The Morgan fingerprint density at radius 3 is 2.46 bits per heavy atom. The fourth-order valence-electron chi connectivity index (χ4n) is 3.18. The van der Waals surface area contributed by atoms with Gasteiger partial charge >= 0.3 is 0 Å². The molecule has 0 saturated heterocycles. The fraction of sp³-hybridized carbons (Fsp3) is 0.174. The van der Waals surface area contributed by atoms with Crippen molar-refractivity contribution >= 4 is 23.2 Å². The third-order valence-corrected chi connectivity index (χ3v) is 4.71. The largest absolute Gasteiger partial charge is 0.508 e. The van der Waals surface area contributed by atoms with Gasteiger partial charge in [0.15, 0.2) is 0 Å². The van der Waals surface area contributed by atoms with E-state index in [-0.39, 0.29) is 17.4 Å². The van der Waals surface area contributed by atoms with Crippen LogP contribution in [0.2, 0.25) is 0 Å². The van der Waals surface area contributed by atoms with Crippen LogP contribution in [0, 0.1) is 0 Å². The van der Waals surface area contributed by atoms with Crippen LogP contribution in [-0.2, 0) is 6.54 Å². The van der Waals surface area contributed by atoms with E-state index < -0.39 is 0 Å². The molecule has 3 aromatic rings. The number of hydrogen-bond acceptors (Lipinski definition) is 5. The summed E-state index contributed by atoms with van der Waals surface area (Å²) in [6.45, 7) is 8.04. The van der Waals surface area contributed by atoms with Gasteiger partial charge in [-0.1, -0.05) is 50.2 Å². The van der Waals surface area contributed by atoms with Crippen molar-refractivity contribution in [2.45, 2.75) is 26.3 Å². The molecule has 0 atom stereocenters. The number of rotatable bonds is 6. The van der Waals surface area contributed by atoms with Gasteiger partial charge in [0, 0.05) is 24.5 Å². The summed E-state index contributed by atoms with van der Waals surface area (Å²) in [4.78, 5) is 0. The van der Waals surface area contributed by atoms with Crippen LogP contribution in [0.3, 0.4) is 0 Å². The zero-order chi connectivity index (χ0) is 20.3. The average Bonchev–Trinajstić information content (AvgIpc) is 2.67. The molecule has 0 fully saturated rings. The zero-order valence-electron chi connectivity index (χ0n) is 16.1. The number of hydrazone groups is 1. The van der Waals surface area contributed by atoms with Crippen molar-refractivity contribution in [3.05, 3.63) is 77.5 Å². The first kappa shape index (κ1) is 19.3. The average molecular weight is 375 g/mol. The van der Waals surface area contributed by atoms with Crippen LogP contribution in [-0.4, -0.2) is 21.9 Å². The highest BCUT2D eigenvalue weighted by atomic mass is 16.3. The third kappa shape index (κ3) is 4.09. The molecule has 0 aliphatic heterocycles. The Balaban J connectivity index is 1.89. The summed E-state index contributed by atoms with van der Waals surface area (Å²) in [7, 11) is 0. The lowest BCUT2D eigenvalue weighted by Gasteiger charge is -2.17. The van der Waals surface area contributed by atoms with Crippen molar-refractivity contribution in [3.63, 3.8) is 0 Å². The van der Waals surface area contributed by atoms with E-state index in [9.17, 15) is 10.2 Å². The molecule has 4 N–H and O–H groups in total. The van der Waals surface area contributed by atoms with E-state index in [2.05, 4.69) is 36.1 Å². The molecule has 0 saturated carbocycles. The van der Waals surface area contributed by atoms with Gasteiger partial charge in [0.05, 0.1) is 12.2 Å². The van der Waals surface area contributed by atoms with E-state index in [0.717, 1.165) is 16.5 Å². The van der Waals surface area contributed by atoms with E-state index in [1.165, 1.54) is 11.5 Å². The van der Waals surface area contributed by atoms with E-state index in [1.807, 2.05) is 32.0 Å². The summed E-state index contributed by atoms with van der Waals surface area (Å²) in [5.41, 5.74) is 8.80. The van der Waals surface area contributed by atoms with Gasteiger partial charge < -0.3 is 15.9 Å². The molecule has 0 aromatic heterocycles. The van der Waals surface area contributed by atoms with Crippen LogP contribution in [0.5, 0.6) is 11.5 Å². The summed E-state index contributed by atoms with van der Waals surface area (Å²) in [6.07, 6.45) is 1.64. The van der Waals surface area contributed by atoms with E-state index in [1.54, 1.807) is 17.3 Å². The number of benzene rings is 3. The highest BCUT2D eigenvalue weighted by molar-refractivity contribution is 5.83. The van der Waals surface area contributed by atoms with E-state index >= 15 is 0 Å². The lowest BCUT2D eigenvalue weighted by atomic mass is 9.98. The predicted octanol–water partition coefficient (Wildman–Crippen LogP) is 4.75. The minimum atomic E-state index is -0.0784. The predicted molar refractivity (Wildman–Crippen MR) is 115 cm³/mol. The quantitative estimate of drug-likeness (QED) is 0.429. The Labute approximate surface area is 165 Å². The number of phenolic OH excluding ortho intramolecular Hbond substituents is 2. The molecule has 0 heterocycles. The van der Waals surface area contributed by atoms with Gasteiger partial charge in [-0.25, -0.2) is 0 Å². The number of nitrogens with two attached hydrogens (primary N) is 1. The van der Waals surface area contributed by atoms with Crippen LogP contribution in [0.25, 0.3) is 16.5 Å². The number of hydrogen-bond donors (Lipinski definition) is 3. The fourth-order valence-corrected chi connectivity index (χ4v) is 3.18. The van der Waals surface area contributed by atoms with Gasteiger partial charge in [-0.3, -0.25) is 5.01 Å². The molecule has 0 aliphatic carbocycles. The van der Waals surface area contributed by atoms with Crippen molar-refractivity contribution in [1.82, 2.24) is 5.01 Å². The van der Waals surface area contributed by atoms with Crippen LogP contribution in [0.1, 0.15) is 36.5 Å². The van der Waals surface area contributed by atoms with Crippen LogP contribution in [0.4, 0.5) is 0 Å². The Kier molecular flexibility index (Phi) is 5.54. The molecule has 0 unspecified atom stereocenters. The number of nitrogens with zero attached hydrogens (tertiary/aromatic N) is 2. The van der Waals surface area contributed by atoms with Crippen molar-refractivity contribution in [2.24, 2.45) is 10.8 Å². The lowest BCUT2D eigenvalue weighted by molar-refractivity contribution is 0.396. The topological polar surface area (TPSA) is 82.1 Å².